The Morgan fingerprint density at radius 1 is 0.288 bits per heavy atom. The Kier molecular flexibility index (Phi) is 8.64. The molecule has 0 radical (unpaired) electrons. The van der Waals surface area contributed by atoms with Crippen LogP contribution in [0.15, 0.2) is 206 Å². The van der Waals surface area contributed by atoms with Gasteiger partial charge in [0.15, 0.2) is 17.5 Å². The lowest BCUT2D eigenvalue weighted by atomic mass is 9.93. The molecule has 0 atom stereocenters. The quantitative estimate of drug-likeness (QED) is 0.162. The number of pyridine rings is 1. The fourth-order valence-corrected chi connectivity index (χ4v) is 9.11. The highest BCUT2D eigenvalue weighted by molar-refractivity contribution is 7.25. The molecule has 0 unspecified atom stereocenters. The minimum Gasteiger partial charge on any atom is -0.237 e. The third kappa shape index (κ3) is 6.54. The van der Waals surface area contributed by atoms with Gasteiger partial charge in [0.1, 0.15) is 4.83 Å². The van der Waals surface area contributed by atoms with Crippen LogP contribution in [0.3, 0.4) is 0 Å². The third-order valence-electron chi connectivity index (χ3n) is 11.0. The third-order valence-corrected chi connectivity index (χ3v) is 12.0. The number of hydrogen-bond acceptors (Lipinski definition) is 5. The summed E-state index contributed by atoms with van der Waals surface area (Å²) in [6.07, 6.45) is 0. The van der Waals surface area contributed by atoms with Crippen molar-refractivity contribution in [2.24, 2.45) is 0 Å². The molecule has 0 amide bonds. The first-order chi connectivity index (χ1) is 29.2. The molecule has 0 aliphatic rings. The fraction of sp³-hybridized carbons (Fsp3) is 0. The Morgan fingerprint density at radius 2 is 0.712 bits per heavy atom. The van der Waals surface area contributed by atoms with Gasteiger partial charge in [0, 0.05) is 43.1 Å². The molecule has 0 bridgehead atoms. The van der Waals surface area contributed by atoms with E-state index in [-0.39, 0.29) is 0 Å². The first-order valence-electron chi connectivity index (χ1n) is 19.7. The van der Waals surface area contributed by atoms with Gasteiger partial charge in [-0.15, -0.1) is 11.3 Å². The van der Waals surface area contributed by atoms with Crippen LogP contribution in [-0.4, -0.2) is 19.9 Å². The van der Waals surface area contributed by atoms with Gasteiger partial charge in [-0.25, -0.2) is 19.9 Å². The zero-order chi connectivity index (χ0) is 39.1. The summed E-state index contributed by atoms with van der Waals surface area (Å²) in [5.74, 6) is 1.87. The Bertz CT molecular complexity index is 3200. The Balaban J connectivity index is 1.02. The maximum Gasteiger partial charge on any atom is 0.164 e. The Labute approximate surface area is 345 Å². The van der Waals surface area contributed by atoms with Crippen LogP contribution in [0.4, 0.5) is 0 Å². The van der Waals surface area contributed by atoms with Crippen LogP contribution in [0, 0.1) is 0 Å². The molecule has 5 heteroatoms. The van der Waals surface area contributed by atoms with Crippen molar-refractivity contribution in [1.82, 2.24) is 19.9 Å². The second-order valence-electron chi connectivity index (χ2n) is 14.6. The fourth-order valence-electron chi connectivity index (χ4n) is 8.02. The lowest BCUT2D eigenvalue weighted by Gasteiger charge is -2.12. The maximum atomic E-state index is 5.13. The van der Waals surface area contributed by atoms with E-state index in [9.17, 15) is 0 Å². The minimum absolute atomic E-state index is 0.619. The zero-order valence-corrected chi connectivity index (χ0v) is 32.6. The normalized spacial score (nSPS) is 11.4. The van der Waals surface area contributed by atoms with Crippen LogP contribution in [0.2, 0.25) is 0 Å². The van der Waals surface area contributed by atoms with E-state index in [1.165, 1.54) is 32.2 Å². The number of hydrogen-bond donors (Lipinski definition) is 0. The van der Waals surface area contributed by atoms with Crippen molar-refractivity contribution in [2.75, 3.05) is 0 Å². The van der Waals surface area contributed by atoms with Crippen LogP contribution in [0.5, 0.6) is 0 Å². The standard InChI is InChI=1S/C54H34N4S/c1-3-13-35(14-4-1)37-25-29-39(30-26-37)51-56-52(40-31-27-38(28-32-40)36-15-5-2-6-16-36)58-53(57-51)44-20-12-18-42(34-44)41-17-11-19-43(33-41)49-45-21-7-9-23-47(45)55-54-50(49)46-22-8-10-24-48(46)59-54/h1-34H. The summed E-state index contributed by atoms with van der Waals surface area (Å²) >= 11 is 1.75. The summed E-state index contributed by atoms with van der Waals surface area (Å²) in [5, 5.41) is 3.58. The summed E-state index contributed by atoms with van der Waals surface area (Å²) in [6, 6.07) is 72.3. The van der Waals surface area contributed by atoms with E-state index in [2.05, 4.69) is 194 Å². The molecule has 0 spiro atoms. The average Bonchev–Trinajstić information content (AvgIpc) is 3.69. The van der Waals surface area contributed by atoms with E-state index in [1.54, 1.807) is 11.3 Å². The number of rotatable bonds is 7. The maximum absolute atomic E-state index is 5.13. The predicted molar refractivity (Wildman–Crippen MR) is 246 cm³/mol. The highest BCUT2D eigenvalue weighted by Gasteiger charge is 2.18. The summed E-state index contributed by atoms with van der Waals surface area (Å²) in [6.45, 7) is 0. The largest absolute Gasteiger partial charge is 0.237 e. The number of nitrogens with zero attached hydrogens (tertiary/aromatic N) is 4. The van der Waals surface area contributed by atoms with Crippen molar-refractivity contribution >= 4 is 42.5 Å². The molecule has 0 saturated carbocycles. The average molecular weight is 771 g/mol. The van der Waals surface area contributed by atoms with Gasteiger partial charge in [-0.2, -0.15) is 0 Å². The van der Waals surface area contributed by atoms with Gasteiger partial charge in [0.2, 0.25) is 0 Å². The van der Waals surface area contributed by atoms with Gasteiger partial charge >= 0.3 is 0 Å². The molecular weight excluding hydrogens is 737 g/mol. The Hall–Kier alpha value is -7.60. The van der Waals surface area contributed by atoms with Crippen molar-refractivity contribution in [3.63, 3.8) is 0 Å². The van der Waals surface area contributed by atoms with E-state index >= 15 is 0 Å². The summed E-state index contributed by atoms with van der Waals surface area (Å²) < 4.78 is 1.24. The lowest BCUT2D eigenvalue weighted by molar-refractivity contribution is 1.07. The monoisotopic (exact) mass is 770 g/mol. The molecular formula is C54H34N4S. The summed E-state index contributed by atoms with van der Waals surface area (Å²) in [7, 11) is 0. The van der Waals surface area contributed by atoms with E-state index < -0.39 is 0 Å². The van der Waals surface area contributed by atoms with Crippen molar-refractivity contribution in [3.8, 4) is 78.7 Å². The van der Waals surface area contributed by atoms with Crippen molar-refractivity contribution in [1.29, 1.82) is 0 Å². The molecule has 4 nitrogen and oxygen atoms in total. The highest BCUT2D eigenvalue weighted by Crippen LogP contribution is 2.43. The van der Waals surface area contributed by atoms with Gasteiger partial charge in [-0.05, 0) is 63.2 Å². The van der Waals surface area contributed by atoms with Crippen LogP contribution in [-0.2, 0) is 0 Å². The first-order valence-corrected chi connectivity index (χ1v) is 20.5. The first kappa shape index (κ1) is 34.6. The molecule has 0 fully saturated rings. The van der Waals surface area contributed by atoms with Gasteiger partial charge < -0.3 is 0 Å². The van der Waals surface area contributed by atoms with Gasteiger partial charge in [-0.3, -0.25) is 0 Å². The van der Waals surface area contributed by atoms with Crippen LogP contribution in [0.1, 0.15) is 0 Å². The second-order valence-corrected chi connectivity index (χ2v) is 15.7. The van der Waals surface area contributed by atoms with Crippen molar-refractivity contribution in [2.45, 2.75) is 0 Å². The van der Waals surface area contributed by atoms with E-state index in [4.69, 9.17) is 19.9 Å². The summed E-state index contributed by atoms with van der Waals surface area (Å²) in [5.41, 5.74) is 12.9. The topological polar surface area (TPSA) is 51.6 Å². The minimum atomic E-state index is 0.619. The molecule has 0 aliphatic carbocycles. The molecule has 3 heterocycles. The molecule has 3 aromatic heterocycles. The SMILES string of the molecule is c1ccc(-c2ccc(-c3nc(-c4ccc(-c5ccccc5)cc4)nc(-c4cccc(-c5cccc(-c6c7ccccc7nc7sc8ccccc8c67)c5)c4)n3)cc2)cc1. The van der Waals surface area contributed by atoms with E-state index in [0.717, 1.165) is 60.2 Å². The zero-order valence-electron chi connectivity index (χ0n) is 31.8. The van der Waals surface area contributed by atoms with Gasteiger partial charge in [0.05, 0.1) is 5.52 Å². The predicted octanol–water partition coefficient (Wildman–Crippen LogP) is 14.5. The molecule has 0 aliphatic heterocycles. The van der Waals surface area contributed by atoms with E-state index in [1.807, 2.05) is 12.1 Å². The van der Waals surface area contributed by atoms with Crippen molar-refractivity contribution in [3.05, 3.63) is 206 Å². The van der Waals surface area contributed by atoms with Crippen LogP contribution in [0.25, 0.3) is 110 Å². The second kappa shape index (κ2) is 14.7. The van der Waals surface area contributed by atoms with Gasteiger partial charge in [0.25, 0.3) is 0 Å². The van der Waals surface area contributed by atoms with E-state index in [0.29, 0.717) is 17.5 Å². The molecule has 59 heavy (non-hydrogen) atoms. The molecule has 276 valence electrons. The number of thiophene rings is 1. The molecule has 11 rings (SSSR count). The molecule has 0 saturated heterocycles. The number of para-hydroxylation sites is 1. The molecule has 0 N–H and O–H groups in total. The number of benzene rings is 8. The van der Waals surface area contributed by atoms with Crippen LogP contribution < -0.4 is 0 Å². The summed E-state index contributed by atoms with van der Waals surface area (Å²) in [4.78, 5) is 21.5. The van der Waals surface area contributed by atoms with Crippen molar-refractivity contribution < 1.29 is 0 Å². The Morgan fingerprint density at radius 3 is 1.32 bits per heavy atom. The number of fused-ring (bicyclic) bond motifs is 4. The highest BCUT2D eigenvalue weighted by atomic mass is 32.1. The number of aromatic nitrogens is 4. The molecule has 8 aromatic carbocycles. The molecule has 11 aromatic rings. The smallest absolute Gasteiger partial charge is 0.164 e. The van der Waals surface area contributed by atoms with Crippen LogP contribution >= 0.6 is 11.3 Å². The van der Waals surface area contributed by atoms with Gasteiger partial charge in [-0.1, -0.05) is 182 Å². The lowest BCUT2D eigenvalue weighted by Crippen LogP contribution is -2.00.